The van der Waals surface area contributed by atoms with E-state index in [-0.39, 0.29) is 0 Å². The Kier molecular flexibility index (Phi) is 8.26. The Hall–Kier alpha value is -0.520. The average molecular weight is 277 g/mol. The summed E-state index contributed by atoms with van der Waals surface area (Å²) in [5, 5.41) is 0. The van der Waals surface area contributed by atoms with Crippen LogP contribution in [0.25, 0.3) is 0 Å². The third-order valence-electron chi connectivity index (χ3n) is 5.03. The van der Waals surface area contributed by atoms with E-state index in [1.54, 1.807) is 0 Å². The summed E-state index contributed by atoms with van der Waals surface area (Å²) in [5.41, 5.74) is 1.95. The summed E-state index contributed by atoms with van der Waals surface area (Å²) >= 11 is 0. The number of allylic oxidation sites excluding steroid dienone is 3. The van der Waals surface area contributed by atoms with Crippen LogP contribution in [0.4, 0.5) is 0 Å². The molecule has 0 N–H and O–H groups in total. The maximum Gasteiger partial charge on any atom is -0.00501 e. The van der Waals surface area contributed by atoms with Crippen molar-refractivity contribution in [3.8, 4) is 0 Å². The molecule has 20 heavy (non-hydrogen) atoms. The van der Waals surface area contributed by atoms with Gasteiger partial charge in [-0.15, -0.1) is 0 Å². The minimum atomic E-state index is 0.437. The topological polar surface area (TPSA) is 0 Å². The minimum Gasteiger partial charge on any atom is -0.0993 e. The van der Waals surface area contributed by atoms with Gasteiger partial charge in [0.15, 0.2) is 0 Å². The second-order valence-electron chi connectivity index (χ2n) is 6.92. The molecule has 1 fully saturated rings. The summed E-state index contributed by atoms with van der Waals surface area (Å²) < 4.78 is 0. The summed E-state index contributed by atoms with van der Waals surface area (Å²) in [5.74, 6) is 0.785. The van der Waals surface area contributed by atoms with Crippen molar-refractivity contribution in [2.45, 2.75) is 91.4 Å². The minimum absolute atomic E-state index is 0.437. The van der Waals surface area contributed by atoms with E-state index in [0.29, 0.717) is 5.41 Å². The number of rotatable bonds is 12. The lowest BCUT2D eigenvalue weighted by Gasteiger charge is -2.14. The highest BCUT2D eigenvalue weighted by Crippen LogP contribution is 2.58. The van der Waals surface area contributed by atoms with Gasteiger partial charge in [0.25, 0.3) is 0 Å². The summed E-state index contributed by atoms with van der Waals surface area (Å²) in [6.07, 6.45) is 19.7. The van der Waals surface area contributed by atoms with Gasteiger partial charge in [-0.1, -0.05) is 83.6 Å². The quantitative estimate of drug-likeness (QED) is 0.264. The Morgan fingerprint density at radius 3 is 2.35 bits per heavy atom. The monoisotopic (exact) mass is 276 g/mol. The molecule has 0 spiro atoms. The van der Waals surface area contributed by atoms with Gasteiger partial charge in [0.1, 0.15) is 0 Å². The van der Waals surface area contributed by atoms with E-state index in [1.165, 1.54) is 76.2 Å². The van der Waals surface area contributed by atoms with Crippen LogP contribution in [0.2, 0.25) is 0 Å². The molecule has 0 radical (unpaired) electrons. The molecule has 1 aliphatic rings. The van der Waals surface area contributed by atoms with Crippen molar-refractivity contribution in [2.24, 2.45) is 11.3 Å². The number of unbranched alkanes of at least 4 members (excludes halogenated alkanes) is 7. The molecule has 2 atom stereocenters. The molecule has 1 saturated carbocycles. The van der Waals surface area contributed by atoms with Crippen molar-refractivity contribution < 1.29 is 0 Å². The highest BCUT2D eigenvalue weighted by Gasteiger charge is 2.49. The van der Waals surface area contributed by atoms with Gasteiger partial charge in [-0.25, -0.2) is 0 Å². The van der Waals surface area contributed by atoms with E-state index in [1.807, 2.05) is 0 Å². The van der Waals surface area contributed by atoms with Crippen LogP contribution in [0.1, 0.15) is 91.4 Å². The van der Waals surface area contributed by atoms with Crippen LogP contribution in [0, 0.1) is 11.3 Å². The molecule has 1 aliphatic carbocycles. The van der Waals surface area contributed by atoms with Gasteiger partial charge in [0, 0.05) is 0 Å². The summed E-state index contributed by atoms with van der Waals surface area (Å²) in [7, 11) is 0. The van der Waals surface area contributed by atoms with Crippen LogP contribution in [-0.2, 0) is 0 Å². The van der Waals surface area contributed by atoms with E-state index < -0.39 is 0 Å². The summed E-state index contributed by atoms with van der Waals surface area (Å²) in [6.45, 7) is 11.3. The summed E-state index contributed by atoms with van der Waals surface area (Å²) in [6, 6.07) is 0. The lowest BCUT2D eigenvalue weighted by molar-refractivity contribution is 0.576. The van der Waals surface area contributed by atoms with Crippen LogP contribution < -0.4 is 0 Å². The summed E-state index contributed by atoms with van der Waals surface area (Å²) in [4.78, 5) is 0. The van der Waals surface area contributed by atoms with Crippen molar-refractivity contribution in [2.75, 3.05) is 0 Å². The predicted molar refractivity (Wildman–Crippen MR) is 92.0 cm³/mol. The Morgan fingerprint density at radius 1 is 1.05 bits per heavy atom. The molecular formula is C20H36. The SMILES string of the molecule is C=C(CCCCCC)C1(C)CC1/C=C/CCCCCC. The molecule has 0 aromatic carbocycles. The number of hydrogen-bond donors (Lipinski definition) is 0. The lowest BCUT2D eigenvalue weighted by Crippen LogP contribution is -2.01. The fraction of sp³-hybridized carbons (Fsp3) is 0.800. The Morgan fingerprint density at radius 2 is 1.70 bits per heavy atom. The second-order valence-corrected chi connectivity index (χ2v) is 6.92. The smallest absolute Gasteiger partial charge is 0.00501 e. The average Bonchev–Trinajstić information content (AvgIpc) is 3.11. The number of hydrogen-bond acceptors (Lipinski definition) is 0. The molecule has 116 valence electrons. The lowest BCUT2D eigenvalue weighted by atomic mass is 9.91. The molecule has 0 amide bonds. The van der Waals surface area contributed by atoms with Crippen LogP contribution >= 0.6 is 0 Å². The molecule has 1 rings (SSSR count). The molecule has 0 saturated heterocycles. The third-order valence-corrected chi connectivity index (χ3v) is 5.03. The van der Waals surface area contributed by atoms with E-state index in [0.717, 1.165) is 5.92 Å². The Bertz CT molecular complexity index is 299. The van der Waals surface area contributed by atoms with Crippen molar-refractivity contribution in [3.05, 3.63) is 24.3 Å². The molecule has 0 aliphatic heterocycles. The van der Waals surface area contributed by atoms with Crippen molar-refractivity contribution >= 4 is 0 Å². The molecule has 0 aromatic rings. The van der Waals surface area contributed by atoms with E-state index in [4.69, 9.17) is 0 Å². The Labute approximate surface area is 127 Å². The first kappa shape index (κ1) is 17.5. The Balaban J connectivity index is 2.15. The maximum atomic E-state index is 4.37. The first-order chi connectivity index (χ1) is 9.65. The molecule has 0 heteroatoms. The molecule has 0 bridgehead atoms. The third kappa shape index (κ3) is 5.85. The first-order valence-electron chi connectivity index (χ1n) is 9.00. The van der Waals surface area contributed by atoms with Gasteiger partial charge in [-0.05, 0) is 43.4 Å². The van der Waals surface area contributed by atoms with Crippen LogP contribution in [0.15, 0.2) is 24.3 Å². The first-order valence-corrected chi connectivity index (χ1v) is 9.00. The van der Waals surface area contributed by atoms with E-state index >= 15 is 0 Å². The standard InChI is InChI=1S/C20H36/c1-5-7-9-11-12-14-16-19-17-20(19,4)18(3)15-13-10-8-6-2/h14,16,19H,3,5-13,15,17H2,1-2,4H3/b16-14+. The van der Waals surface area contributed by atoms with E-state index in [2.05, 4.69) is 39.5 Å². The van der Waals surface area contributed by atoms with Gasteiger partial charge >= 0.3 is 0 Å². The predicted octanol–water partition coefficient (Wildman–Crippen LogP) is 7.07. The fourth-order valence-electron chi connectivity index (χ4n) is 3.09. The van der Waals surface area contributed by atoms with Gasteiger partial charge in [0.2, 0.25) is 0 Å². The van der Waals surface area contributed by atoms with Gasteiger partial charge in [0.05, 0.1) is 0 Å². The fourth-order valence-corrected chi connectivity index (χ4v) is 3.09. The zero-order chi connectivity index (χ0) is 14.8. The maximum absolute atomic E-state index is 4.37. The van der Waals surface area contributed by atoms with Crippen molar-refractivity contribution in [1.29, 1.82) is 0 Å². The van der Waals surface area contributed by atoms with Crippen molar-refractivity contribution in [1.82, 2.24) is 0 Å². The van der Waals surface area contributed by atoms with Crippen LogP contribution in [0.3, 0.4) is 0 Å². The molecular weight excluding hydrogens is 240 g/mol. The van der Waals surface area contributed by atoms with Gasteiger partial charge in [-0.3, -0.25) is 0 Å². The normalized spacial score (nSPS) is 25.2. The van der Waals surface area contributed by atoms with Crippen LogP contribution in [0.5, 0.6) is 0 Å². The second kappa shape index (κ2) is 9.42. The zero-order valence-corrected chi connectivity index (χ0v) is 14.2. The highest BCUT2D eigenvalue weighted by atomic mass is 14.5. The molecule has 2 unspecified atom stereocenters. The van der Waals surface area contributed by atoms with Crippen LogP contribution in [-0.4, -0.2) is 0 Å². The largest absolute Gasteiger partial charge is 0.0993 e. The molecule has 0 nitrogen and oxygen atoms in total. The van der Waals surface area contributed by atoms with Gasteiger partial charge < -0.3 is 0 Å². The molecule has 0 aromatic heterocycles. The van der Waals surface area contributed by atoms with Gasteiger partial charge in [-0.2, -0.15) is 0 Å². The zero-order valence-electron chi connectivity index (χ0n) is 14.2. The molecule has 0 heterocycles. The van der Waals surface area contributed by atoms with E-state index in [9.17, 15) is 0 Å². The highest BCUT2D eigenvalue weighted by molar-refractivity contribution is 5.25. The van der Waals surface area contributed by atoms with Crippen molar-refractivity contribution in [3.63, 3.8) is 0 Å².